The fourth-order valence-corrected chi connectivity index (χ4v) is 14.9. The number of phosphoric acid groups is 2. The first-order valence-corrected chi connectivity index (χ1v) is 47.2. The van der Waals surface area contributed by atoms with Crippen LogP contribution in [0.3, 0.4) is 0 Å². The minimum atomic E-state index is -4.97. The predicted molar refractivity (Wildman–Crippen MR) is 432 cm³/mol. The third-order valence-corrected chi connectivity index (χ3v) is 22.0. The smallest absolute Gasteiger partial charge is 0.462 e. The van der Waals surface area contributed by atoms with Gasteiger partial charge in [-0.2, -0.15) is 0 Å². The topological polar surface area (TPSA) is 237 Å². The van der Waals surface area contributed by atoms with Crippen LogP contribution in [0.1, 0.15) is 447 Å². The number of rotatable bonds is 83. The van der Waals surface area contributed by atoms with Crippen LogP contribution in [0.2, 0.25) is 0 Å². The van der Waals surface area contributed by atoms with E-state index in [1.54, 1.807) is 0 Å². The molecule has 17 nitrogen and oxygen atoms in total. The average molecular weight is 1540 g/mol. The van der Waals surface area contributed by atoms with Gasteiger partial charge in [-0.25, -0.2) is 9.13 Å². The highest BCUT2D eigenvalue weighted by molar-refractivity contribution is 7.47. The summed E-state index contributed by atoms with van der Waals surface area (Å²) in [5.41, 5.74) is 0. The Morgan fingerprint density at radius 3 is 0.590 bits per heavy atom. The van der Waals surface area contributed by atoms with Gasteiger partial charge in [-0.3, -0.25) is 37.3 Å². The first kappa shape index (κ1) is 103. The van der Waals surface area contributed by atoms with Crippen LogP contribution >= 0.6 is 15.6 Å². The molecule has 0 saturated heterocycles. The maximum absolute atomic E-state index is 13.1. The SMILES string of the molecule is CC(C)CCCCCCCCCCCCCCCCCCC(=O)OC[C@H](COP(=O)(O)OCC(O)COP(=O)(O)OC[C@@H](COC(=O)CCCCCCCCCC(C)C)OC(=O)CCCCCCCCCCCCCCCCC(C)C)OC(=O)CCCCCCCCCCCCCCCCCCC(C)C. The summed E-state index contributed by atoms with van der Waals surface area (Å²) < 4.78 is 68.9. The van der Waals surface area contributed by atoms with Crippen LogP contribution in [0.25, 0.3) is 0 Å². The summed E-state index contributed by atoms with van der Waals surface area (Å²) in [6.07, 6.45) is 64.0. The second-order valence-corrected chi connectivity index (χ2v) is 35.7. The Morgan fingerprint density at radius 1 is 0.238 bits per heavy atom. The summed E-state index contributed by atoms with van der Waals surface area (Å²) in [4.78, 5) is 73.2. The molecule has 0 aromatic heterocycles. The molecule has 0 aromatic rings. The number of carbonyl (C=O) groups is 4. The molecule has 0 amide bonds. The van der Waals surface area contributed by atoms with Gasteiger partial charge in [-0.1, -0.05) is 396 Å². The van der Waals surface area contributed by atoms with Gasteiger partial charge in [0.05, 0.1) is 26.4 Å². The fraction of sp³-hybridized carbons (Fsp3) is 0.953. The molecule has 3 N–H and O–H groups in total. The first-order valence-electron chi connectivity index (χ1n) is 44.2. The van der Waals surface area contributed by atoms with Crippen molar-refractivity contribution >= 4 is 39.5 Å². The second-order valence-electron chi connectivity index (χ2n) is 32.8. The van der Waals surface area contributed by atoms with Crippen LogP contribution in [0.4, 0.5) is 0 Å². The van der Waals surface area contributed by atoms with E-state index in [1.165, 1.54) is 244 Å². The van der Waals surface area contributed by atoms with Crippen molar-refractivity contribution in [2.24, 2.45) is 23.7 Å². The molecule has 624 valence electrons. The maximum Gasteiger partial charge on any atom is 0.472 e. The zero-order valence-electron chi connectivity index (χ0n) is 69.4. The van der Waals surface area contributed by atoms with E-state index in [-0.39, 0.29) is 25.7 Å². The molecule has 0 aliphatic heterocycles. The van der Waals surface area contributed by atoms with Crippen molar-refractivity contribution in [3.63, 3.8) is 0 Å². The van der Waals surface area contributed by atoms with Crippen molar-refractivity contribution < 1.29 is 80.2 Å². The highest BCUT2D eigenvalue weighted by Gasteiger charge is 2.30. The van der Waals surface area contributed by atoms with Gasteiger partial charge in [0.25, 0.3) is 0 Å². The quantitative estimate of drug-likeness (QED) is 0.0222. The summed E-state index contributed by atoms with van der Waals surface area (Å²) in [6.45, 7) is 14.3. The lowest BCUT2D eigenvalue weighted by Crippen LogP contribution is -2.30. The number of aliphatic hydroxyl groups excluding tert-OH is 1. The van der Waals surface area contributed by atoms with Crippen LogP contribution in [-0.4, -0.2) is 96.7 Å². The van der Waals surface area contributed by atoms with Crippen molar-refractivity contribution in [3.05, 3.63) is 0 Å². The molecule has 0 aliphatic rings. The molecular formula is C86H168O17P2. The van der Waals surface area contributed by atoms with Crippen LogP contribution in [0, 0.1) is 23.7 Å². The Bertz CT molecular complexity index is 2040. The molecule has 0 spiro atoms. The van der Waals surface area contributed by atoms with E-state index in [1.807, 2.05) is 0 Å². The maximum atomic E-state index is 13.1. The number of unbranched alkanes of at least 4 members (excludes halogenated alkanes) is 49. The fourth-order valence-electron chi connectivity index (χ4n) is 13.3. The lowest BCUT2D eigenvalue weighted by molar-refractivity contribution is -0.161. The van der Waals surface area contributed by atoms with E-state index in [0.717, 1.165) is 114 Å². The molecule has 0 heterocycles. The molecule has 19 heteroatoms. The molecule has 0 fully saturated rings. The summed E-state index contributed by atoms with van der Waals surface area (Å²) in [7, 11) is -9.93. The number of phosphoric ester groups is 2. The Morgan fingerprint density at radius 2 is 0.400 bits per heavy atom. The number of carbonyl (C=O) groups excluding carboxylic acids is 4. The first-order chi connectivity index (χ1) is 50.6. The van der Waals surface area contributed by atoms with Crippen LogP contribution in [-0.2, 0) is 65.4 Å². The Hall–Kier alpha value is -1.94. The van der Waals surface area contributed by atoms with E-state index < -0.39 is 97.5 Å². The second kappa shape index (κ2) is 74.8. The third-order valence-electron chi connectivity index (χ3n) is 20.1. The van der Waals surface area contributed by atoms with Gasteiger partial charge >= 0.3 is 39.5 Å². The van der Waals surface area contributed by atoms with Crippen LogP contribution in [0.15, 0.2) is 0 Å². The van der Waals surface area contributed by atoms with Gasteiger partial charge in [-0.15, -0.1) is 0 Å². The van der Waals surface area contributed by atoms with Crippen molar-refractivity contribution in [2.75, 3.05) is 39.6 Å². The third kappa shape index (κ3) is 79.9. The Kier molecular flexibility index (Phi) is 73.4. The van der Waals surface area contributed by atoms with Gasteiger partial charge in [0.1, 0.15) is 19.3 Å². The minimum absolute atomic E-state index is 0.107. The number of esters is 4. The van der Waals surface area contributed by atoms with Crippen molar-refractivity contribution in [3.8, 4) is 0 Å². The molecule has 0 aliphatic carbocycles. The van der Waals surface area contributed by atoms with E-state index in [0.29, 0.717) is 31.6 Å². The van der Waals surface area contributed by atoms with E-state index in [9.17, 15) is 43.2 Å². The van der Waals surface area contributed by atoms with E-state index in [4.69, 9.17) is 37.0 Å². The lowest BCUT2D eigenvalue weighted by Gasteiger charge is -2.21. The van der Waals surface area contributed by atoms with Crippen molar-refractivity contribution in [1.29, 1.82) is 0 Å². The molecular weight excluding hydrogens is 1370 g/mol. The molecule has 0 bridgehead atoms. The van der Waals surface area contributed by atoms with Gasteiger partial charge in [-0.05, 0) is 49.4 Å². The molecule has 105 heavy (non-hydrogen) atoms. The molecule has 0 radical (unpaired) electrons. The van der Waals surface area contributed by atoms with Crippen molar-refractivity contribution in [1.82, 2.24) is 0 Å². The lowest BCUT2D eigenvalue weighted by atomic mass is 10.0. The minimum Gasteiger partial charge on any atom is -0.462 e. The van der Waals surface area contributed by atoms with Gasteiger partial charge in [0, 0.05) is 25.7 Å². The normalized spacial score (nSPS) is 13.9. The summed E-state index contributed by atoms with van der Waals surface area (Å²) in [5.74, 6) is 1.01. The number of aliphatic hydroxyl groups is 1. The summed E-state index contributed by atoms with van der Waals surface area (Å²) in [6, 6.07) is 0. The highest BCUT2D eigenvalue weighted by atomic mass is 31.2. The van der Waals surface area contributed by atoms with E-state index >= 15 is 0 Å². The molecule has 5 atom stereocenters. The standard InChI is InChI=1S/C86H168O17P2/c1-76(2)62-54-46-38-31-25-19-13-9-11-15-22-28-34-42-50-58-66-83(88)96-72-81(102-85(90)68-60-52-43-35-29-23-16-12-10-14-20-26-32-39-47-55-63-77(3)4)74-100-104(92,93)98-70-80(87)71-99-105(94,95)101-75-82(73-97-84(89)67-59-51-45-37-41-49-57-65-79(7)8)103-86(91)69-61-53-44-36-30-24-18-17-21-27-33-40-48-56-64-78(5)6/h76-82,87H,9-75H2,1-8H3,(H,92,93)(H,94,95)/t80?,81-,82-/m1/s1. The predicted octanol–water partition coefficient (Wildman–Crippen LogP) is 25.9. The van der Waals surface area contributed by atoms with Crippen LogP contribution in [0.5, 0.6) is 0 Å². The highest BCUT2D eigenvalue weighted by Crippen LogP contribution is 2.45. The largest absolute Gasteiger partial charge is 0.472 e. The summed E-state index contributed by atoms with van der Waals surface area (Å²) >= 11 is 0. The zero-order chi connectivity index (χ0) is 77.4. The Balaban J connectivity index is 5.24. The molecule has 0 saturated carbocycles. The summed E-state index contributed by atoms with van der Waals surface area (Å²) in [5, 5.41) is 10.7. The zero-order valence-corrected chi connectivity index (χ0v) is 71.2. The van der Waals surface area contributed by atoms with E-state index in [2.05, 4.69) is 55.4 Å². The molecule has 3 unspecified atom stereocenters. The number of hydrogen-bond acceptors (Lipinski definition) is 15. The number of hydrogen-bond donors (Lipinski definition) is 3. The Labute approximate surface area is 645 Å². The van der Waals surface area contributed by atoms with Crippen molar-refractivity contribution in [2.45, 2.75) is 465 Å². The van der Waals surface area contributed by atoms with Gasteiger partial charge in [0.15, 0.2) is 12.2 Å². The van der Waals surface area contributed by atoms with Crippen LogP contribution < -0.4 is 0 Å². The number of ether oxygens (including phenoxy) is 4. The monoisotopic (exact) mass is 1540 g/mol. The van der Waals surface area contributed by atoms with Gasteiger partial charge in [0.2, 0.25) is 0 Å². The molecule has 0 rings (SSSR count). The molecule has 0 aromatic carbocycles. The van der Waals surface area contributed by atoms with Gasteiger partial charge < -0.3 is 33.8 Å². The average Bonchev–Trinajstić information content (AvgIpc) is 0.925.